The maximum atomic E-state index is 11.4. The summed E-state index contributed by atoms with van der Waals surface area (Å²) in [7, 11) is 1.63. The molecule has 0 saturated heterocycles. The lowest BCUT2D eigenvalue weighted by atomic mass is 9.83. The standard InChI is InChI=1S/C20H28N2O4/c1-20(2,19(24)25)26-22-17-7-5-4-6-16(17)12-14-8-10-15(11-9-14)13-18(23)21-3/h8-11,16H,4-7,12-13H2,1-3H3,(H,21,23)(H,24,25)/b22-17+. The van der Waals surface area contributed by atoms with Crippen molar-refractivity contribution >= 4 is 17.6 Å². The van der Waals surface area contributed by atoms with Gasteiger partial charge in [-0.25, -0.2) is 4.79 Å². The monoisotopic (exact) mass is 360 g/mol. The van der Waals surface area contributed by atoms with Gasteiger partial charge in [0.2, 0.25) is 11.5 Å². The Morgan fingerprint density at radius 1 is 1.23 bits per heavy atom. The Labute approximate surface area is 154 Å². The average Bonchev–Trinajstić information content (AvgIpc) is 2.62. The summed E-state index contributed by atoms with van der Waals surface area (Å²) in [5, 5.41) is 16.0. The van der Waals surface area contributed by atoms with Crippen molar-refractivity contribution in [1.29, 1.82) is 0 Å². The number of nitrogens with zero attached hydrogens (tertiary/aromatic N) is 1. The predicted octanol–water partition coefficient (Wildman–Crippen LogP) is 2.94. The number of rotatable bonds is 7. The first-order chi connectivity index (χ1) is 12.3. The van der Waals surface area contributed by atoms with Crippen LogP contribution in [0, 0.1) is 5.92 Å². The van der Waals surface area contributed by atoms with Gasteiger partial charge in [0.15, 0.2) is 0 Å². The zero-order chi connectivity index (χ0) is 19.2. The molecule has 0 aromatic heterocycles. The van der Waals surface area contributed by atoms with Crippen LogP contribution in [0.2, 0.25) is 0 Å². The lowest BCUT2D eigenvalue weighted by Gasteiger charge is -2.25. The van der Waals surface area contributed by atoms with Gasteiger partial charge in [-0.1, -0.05) is 35.8 Å². The zero-order valence-corrected chi connectivity index (χ0v) is 15.7. The SMILES string of the molecule is CNC(=O)Cc1ccc(CC2CCCC/C2=N\OC(C)(C)C(=O)O)cc1. The highest BCUT2D eigenvalue weighted by Gasteiger charge is 2.31. The molecule has 1 aromatic rings. The summed E-state index contributed by atoms with van der Waals surface area (Å²) >= 11 is 0. The predicted molar refractivity (Wildman–Crippen MR) is 100 cm³/mol. The molecular formula is C20H28N2O4. The van der Waals surface area contributed by atoms with Crippen LogP contribution < -0.4 is 5.32 Å². The lowest BCUT2D eigenvalue weighted by Crippen LogP contribution is -2.34. The zero-order valence-electron chi connectivity index (χ0n) is 15.7. The van der Waals surface area contributed by atoms with E-state index in [4.69, 9.17) is 9.94 Å². The Bertz CT molecular complexity index is 665. The molecule has 1 aromatic carbocycles. The largest absolute Gasteiger partial charge is 0.478 e. The third kappa shape index (κ3) is 5.58. The summed E-state index contributed by atoms with van der Waals surface area (Å²) in [6, 6.07) is 8.06. The Morgan fingerprint density at radius 3 is 2.50 bits per heavy atom. The smallest absolute Gasteiger partial charge is 0.350 e. The van der Waals surface area contributed by atoms with E-state index in [-0.39, 0.29) is 11.8 Å². The molecule has 0 radical (unpaired) electrons. The van der Waals surface area contributed by atoms with E-state index in [1.54, 1.807) is 7.05 Å². The van der Waals surface area contributed by atoms with Crippen molar-refractivity contribution in [2.75, 3.05) is 7.05 Å². The highest BCUT2D eigenvalue weighted by Crippen LogP contribution is 2.26. The van der Waals surface area contributed by atoms with Crippen molar-refractivity contribution < 1.29 is 19.5 Å². The van der Waals surface area contributed by atoms with E-state index in [2.05, 4.69) is 10.5 Å². The number of carboxylic acid groups (broad SMARTS) is 1. The van der Waals surface area contributed by atoms with Gasteiger partial charge in [-0.2, -0.15) is 0 Å². The number of aliphatic carboxylic acids is 1. The van der Waals surface area contributed by atoms with E-state index >= 15 is 0 Å². The molecule has 6 nitrogen and oxygen atoms in total. The molecule has 0 spiro atoms. The van der Waals surface area contributed by atoms with Crippen molar-refractivity contribution in [3.8, 4) is 0 Å². The molecule has 0 aliphatic heterocycles. The number of benzene rings is 1. The molecule has 0 bridgehead atoms. The van der Waals surface area contributed by atoms with E-state index in [1.807, 2.05) is 24.3 Å². The van der Waals surface area contributed by atoms with Crippen LogP contribution in [0.5, 0.6) is 0 Å². The van der Waals surface area contributed by atoms with Crippen LogP contribution >= 0.6 is 0 Å². The quantitative estimate of drug-likeness (QED) is 0.732. The fourth-order valence-electron chi connectivity index (χ4n) is 2.97. The number of carbonyl (C=O) groups is 2. The van der Waals surface area contributed by atoms with Gasteiger partial charge < -0.3 is 15.3 Å². The maximum absolute atomic E-state index is 11.4. The second-order valence-electron chi connectivity index (χ2n) is 7.30. The van der Waals surface area contributed by atoms with E-state index in [0.717, 1.165) is 43.4 Å². The number of likely N-dealkylation sites (N-methyl/N-ethyl adjacent to an activating group) is 1. The molecule has 1 saturated carbocycles. The van der Waals surface area contributed by atoms with Crippen molar-refractivity contribution in [3.63, 3.8) is 0 Å². The second-order valence-corrected chi connectivity index (χ2v) is 7.30. The van der Waals surface area contributed by atoms with Gasteiger partial charge in [-0.05, 0) is 50.7 Å². The number of hydrogen-bond donors (Lipinski definition) is 2. The molecule has 6 heteroatoms. The van der Waals surface area contributed by atoms with Gasteiger partial charge in [0.1, 0.15) is 0 Å². The first-order valence-electron chi connectivity index (χ1n) is 9.08. The van der Waals surface area contributed by atoms with E-state index < -0.39 is 11.6 Å². The van der Waals surface area contributed by atoms with Crippen LogP contribution in [-0.4, -0.2) is 35.3 Å². The van der Waals surface area contributed by atoms with Crippen molar-refractivity contribution in [3.05, 3.63) is 35.4 Å². The normalized spacial score (nSPS) is 19.2. The third-order valence-electron chi connectivity index (χ3n) is 4.76. The number of carboxylic acids is 1. The fourth-order valence-corrected chi connectivity index (χ4v) is 2.97. The first-order valence-corrected chi connectivity index (χ1v) is 9.08. The highest BCUT2D eigenvalue weighted by atomic mass is 16.7. The lowest BCUT2D eigenvalue weighted by molar-refractivity contribution is -0.161. The summed E-state index contributed by atoms with van der Waals surface area (Å²) in [6.45, 7) is 3.00. The fraction of sp³-hybridized carbons (Fsp3) is 0.550. The molecule has 1 atom stereocenters. The molecule has 0 heterocycles. The molecule has 2 N–H and O–H groups in total. The van der Waals surface area contributed by atoms with Gasteiger partial charge in [-0.3, -0.25) is 4.79 Å². The molecule has 1 fully saturated rings. The number of carbonyl (C=O) groups excluding carboxylic acids is 1. The first kappa shape index (κ1) is 19.9. The summed E-state index contributed by atoms with van der Waals surface area (Å²) in [6.07, 6.45) is 5.28. The highest BCUT2D eigenvalue weighted by molar-refractivity contribution is 5.87. The van der Waals surface area contributed by atoms with Crippen LogP contribution in [0.15, 0.2) is 29.4 Å². The van der Waals surface area contributed by atoms with Crippen molar-refractivity contribution in [2.24, 2.45) is 11.1 Å². The van der Waals surface area contributed by atoms with Gasteiger partial charge in [-0.15, -0.1) is 0 Å². The summed E-state index contributed by atoms with van der Waals surface area (Å²) in [5.74, 6) is -0.767. The van der Waals surface area contributed by atoms with E-state index in [1.165, 1.54) is 19.4 Å². The molecule has 1 aliphatic carbocycles. The van der Waals surface area contributed by atoms with E-state index in [9.17, 15) is 9.59 Å². The second kappa shape index (κ2) is 8.83. The van der Waals surface area contributed by atoms with Gasteiger partial charge in [0.05, 0.1) is 12.1 Å². The minimum Gasteiger partial charge on any atom is -0.478 e. The Morgan fingerprint density at radius 2 is 1.88 bits per heavy atom. The Kier molecular flexibility index (Phi) is 6.77. The van der Waals surface area contributed by atoms with Crippen LogP contribution in [0.25, 0.3) is 0 Å². The van der Waals surface area contributed by atoms with Crippen molar-refractivity contribution in [2.45, 2.75) is 58.0 Å². The third-order valence-corrected chi connectivity index (χ3v) is 4.76. The molecule has 1 unspecified atom stereocenters. The minimum atomic E-state index is -1.32. The van der Waals surface area contributed by atoms with Crippen molar-refractivity contribution in [1.82, 2.24) is 5.32 Å². The summed E-state index contributed by atoms with van der Waals surface area (Å²) in [5.41, 5.74) is 1.79. The molecule has 2 rings (SSSR count). The minimum absolute atomic E-state index is 0.00218. The van der Waals surface area contributed by atoms with Gasteiger partial charge >= 0.3 is 5.97 Å². The Balaban J connectivity index is 2.03. The molecular weight excluding hydrogens is 332 g/mol. The number of amides is 1. The topological polar surface area (TPSA) is 88.0 Å². The van der Waals surface area contributed by atoms with Crippen LogP contribution in [-0.2, 0) is 27.3 Å². The summed E-state index contributed by atoms with van der Waals surface area (Å²) < 4.78 is 0. The summed E-state index contributed by atoms with van der Waals surface area (Å²) in [4.78, 5) is 27.9. The average molecular weight is 360 g/mol. The Hall–Kier alpha value is -2.37. The van der Waals surface area contributed by atoms with E-state index in [0.29, 0.717) is 6.42 Å². The molecule has 142 valence electrons. The molecule has 1 aliphatic rings. The maximum Gasteiger partial charge on any atom is 0.350 e. The van der Waals surface area contributed by atoms with Crippen LogP contribution in [0.1, 0.15) is 50.7 Å². The van der Waals surface area contributed by atoms with Crippen LogP contribution in [0.3, 0.4) is 0 Å². The number of nitrogens with one attached hydrogen (secondary N) is 1. The number of hydrogen-bond acceptors (Lipinski definition) is 4. The van der Waals surface area contributed by atoms with Crippen LogP contribution in [0.4, 0.5) is 0 Å². The van der Waals surface area contributed by atoms with Gasteiger partial charge in [0, 0.05) is 13.0 Å². The molecule has 1 amide bonds. The molecule has 26 heavy (non-hydrogen) atoms. The van der Waals surface area contributed by atoms with Gasteiger partial charge in [0.25, 0.3) is 0 Å². The number of oxime groups is 1.